The van der Waals surface area contributed by atoms with Crippen molar-refractivity contribution >= 4 is 5.91 Å². The lowest BCUT2D eigenvalue weighted by molar-refractivity contribution is -0.119. The number of likely N-dealkylation sites (tertiary alicyclic amines) is 1. The molecule has 4 nitrogen and oxygen atoms in total. The summed E-state index contributed by atoms with van der Waals surface area (Å²) < 4.78 is 0. The molecule has 0 bridgehead atoms. The first-order valence-electron chi connectivity index (χ1n) is 5.25. The lowest BCUT2D eigenvalue weighted by Gasteiger charge is -2.16. The SMILES string of the molecule is CC(=O)NC1CCN(CCC(C)O)C1. The number of hydrogen-bond donors (Lipinski definition) is 2. The van der Waals surface area contributed by atoms with E-state index in [1.54, 1.807) is 13.8 Å². The van der Waals surface area contributed by atoms with E-state index in [0.29, 0.717) is 6.04 Å². The third kappa shape index (κ3) is 4.07. The summed E-state index contributed by atoms with van der Waals surface area (Å²) >= 11 is 0. The van der Waals surface area contributed by atoms with E-state index >= 15 is 0 Å². The van der Waals surface area contributed by atoms with Crippen LogP contribution in [0, 0.1) is 0 Å². The van der Waals surface area contributed by atoms with Crippen LogP contribution >= 0.6 is 0 Å². The molecule has 82 valence electrons. The molecule has 2 N–H and O–H groups in total. The van der Waals surface area contributed by atoms with Crippen LogP contribution in [0.5, 0.6) is 0 Å². The largest absolute Gasteiger partial charge is 0.393 e. The first-order chi connectivity index (χ1) is 6.58. The summed E-state index contributed by atoms with van der Waals surface area (Å²) in [7, 11) is 0. The average molecular weight is 200 g/mol. The Morgan fingerprint density at radius 3 is 3.00 bits per heavy atom. The molecule has 1 fully saturated rings. The van der Waals surface area contributed by atoms with Crippen LogP contribution in [0.1, 0.15) is 26.7 Å². The van der Waals surface area contributed by atoms with Gasteiger partial charge in [-0.05, 0) is 19.8 Å². The van der Waals surface area contributed by atoms with Crippen molar-refractivity contribution in [2.75, 3.05) is 19.6 Å². The van der Waals surface area contributed by atoms with E-state index < -0.39 is 0 Å². The van der Waals surface area contributed by atoms with Gasteiger partial charge in [0.15, 0.2) is 0 Å². The molecule has 0 aromatic rings. The maximum atomic E-state index is 10.8. The van der Waals surface area contributed by atoms with E-state index in [1.165, 1.54) is 0 Å². The Hall–Kier alpha value is -0.610. The van der Waals surface area contributed by atoms with E-state index in [4.69, 9.17) is 5.11 Å². The summed E-state index contributed by atoms with van der Waals surface area (Å²) in [4.78, 5) is 13.1. The van der Waals surface area contributed by atoms with Gasteiger partial charge in [-0.15, -0.1) is 0 Å². The van der Waals surface area contributed by atoms with Gasteiger partial charge in [-0.3, -0.25) is 4.79 Å². The van der Waals surface area contributed by atoms with Gasteiger partial charge in [0.2, 0.25) is 5.91 Å². The summed E-state index contributed by atoms with van der Waals surface area (Å²) in [6, 6.07) is 0.307. The molecule has 0 saturated carbocycles. The maximum Gasteiger partial charge on any atom is 0.217 e. The van der Waals surface area contributed by atoms with Crippen molar-refractivity contribution in [2.24, 2.45) is 0 Å². The van der Waals surface area contributed by atoms with Crippen LogP contribution in [-0.2, 0) is 4.79 Å². The minimum Gasteiger partial charge on any atom is -0.393 e. The molecule has 2 atom stereocenters. The Balaban J connectivity index is 2.17. The van der Waals surface area contributed by atoms with Gasteiger partial charge in [-0.2, -0.15) is 0 Å². The fourth-order valence-electron chi connectivity index (χ4n) is 1.81. The van der Waals surface area contributed by atoms with Crippen molar-refractivity contribution in [3.63, 3.8) is 0 Å². The summed E-state index contributed by atoms with van der Waals surface area (Å²) in [6.07, 6.45) is 1.61. The minimum absolute atomic E-state index is 0.0485. The third-order valence-electron chi connectivity index (χ3n) is 2.54. The van der Waals surface area contributed by atoms with Crippen molar-refractivity contribution in [1.29, 1.82) is 0 Å². The third-order valence-corrected chi connectivity index (χ3v) is 2.54. The molecule has 0 aromatic heterocycles. The van der Waals surface area contributed by atoms with Gasteiger partial charge < -0.3 is 15.3 Å². The van der Waals surface area contributed by atoms with Crippen LogP contribution in [-0.4, -0.2) is 47.7 Å². The van der Waals surface area contributed by atoms with Gasteiger partial charge in [0.05, 0.1) is 6.10 Å². The molecule has 0 spiro atoms. The number of carbonyl (C=O) groups excluding carboxylic acids is 1. The second-order valence-electron chi connectivity index (χ2n) is 4.12. The van der Waals surface area contributed by atoms with Crippen LogP contribution < -0.4 is 5.32 Å². The molecular weight excluding hydrogens is 180 g/mol. The van der Waals surface area contributed by atoms with Crippen molar-refractivity contribution in [1.82, 2.24) is 10.2 Å². The normalized spacial score (nSPS) is 24.9. The highest BCUT2D eigenvalue weighted by molar-refractivity contribution is 5.73. The van der Waals surface area contributed by atoms with Crippen molar-refractivity contribution in [3.05, 3.63) is 0 Å². The number of aliphatic hydroxyl groups is 1. The van der Waals surface area contributed by atoms with Gasteiger partial charge in [-0.25, -0.2) is 0 Å². The molecule has 2 unspecified atom stereocenters. The van der Waals surface area contributed by atoms with Gasteiger partial charge in [-0.1, -0.05) is 0 Å². The molecule has 1 rings (SSSR count). The van der Waals surface area contributed by atoms with E-state index in [2.05, 4.69) is 10.2 Å². The highest BCUT2D eigenvalue weighted by Crippen LogP contribution is 2.09. The molecule has 1 aliphatic rings. The Bertz CT molecular complexity index is 195. The number of aliphatic hydroxyl groups excluding tert-OH is 1. The number of nitrogens with zero attached hydrogens (tertiary/aromatic N) is 1. The number of nitrogens with one attached hydrogen (secondary N) is 1. The van der Waals surface area contributed by atoms with Gasteiger partial charge in [0, 0.05) is 32.6 Å². The zero-order valence-electron chi connectivity index (χ0n) is 8.99. The number of amides is 1. The second-order valence-corrected chi connectivity index (χ2v) is 4.12. The summed E-state index contributed by atoms with van der Waals surface area (Å²) in [5, 5.41) is 12.0. The van der Waals surface area contributed by atoms with E-state index in [1.807, 2.05) is 0 Å². The molecule has 1 amide bonds. The summed E-state index contributed by atoms with van der Waals surface area (Å²) in [5.74, 6) is 0.0485. The van der Waals surface area contributed by atoms with Crippen LogP contribution in [0.3, 0.4) is 0 Å². The smallest absolute Gasteiger partial charge is 0.217 e. The van der Waals surface area contributed by atoms with E-state index in [9.17, 15) is 4.79 Å². The average Bonchev–Trinajstić information content (AvgIpc) is 2.47. The summed E-state index contributed by atoms with van der Waals surface area (Å²) in [5.41, 5.74) is 0. The van der Waals surface area contributed by atoms with Crippen LogP contribution in [0.2, 0.25) is 0 Å². The maximum absolute atomic E-state index is 10.8. The molecule has 0 radical (unpaired) electrons. The first kappa shape index (κ1) is 11.5. The minimum atomic E-state index is -0.227. The first-order valence-corrected chi connectivity index (χ1v) is 5.25. The van der Waals surface area contributed by atoms with Gasteiger partial charge in [0.25, 0.3) is 0 Å². The Morgan fingerprint density at radius 1 is 1.71 bits per heavy atom. The molecule has 4 heteroatoms. The van der Waals surface area contributed by atoms with Crippen LogP contribution in [0.4, 0.5) is 0 Å². The highest BCUT2D eigenvalue weighted by atomic mass is 16.3. The van der Waals surface area contributed by atoms with Gasteiger partial charge >= 0.3 is 0 Å². The number of carbonyl (C=O) groups is 1. The highest BCUT2D eigenvalue weighted by Gasteiger charge is 2.22. The van der Waals surface area contributed by atoms with E-state index in [0.717, 1.165) is 32.5 Å². The van der Waals surface area contributed by atoms with Crippen molar-refractivity contribution in [3.8, 4) is 0 Å². The molecule has 1 aliphatic heterocycles. The molecule has 1 saturated heterocycles. The predicted molar refractivity (Wildman–Crippen MR) is 55.0 cm³/mol. The molecule has 14 heavy (non-hydrogen) atoms. The lowest BCUT2D eigenvalue weighted by Crippen LogP contribution is -2.36. The van der Waals surface area contributed by atoms with Gasteiger partial charge in [0.1, 0.15) is 0 Å². The standard InChI is InChI=1S/C10H20N2O2/c1-8(13)3-5-12-6-4-10(7-12)11-9(2)14/h8,10,13H,3-7H2,1-2H3,(H,11,14). The Morgan fingerprint density at radius 2 is 2.43 bits per heavy atom. The zero-order chi connectivity index (χ0) is 10.6. The van der Waals surface area contributed by atoms with E-state index in [-0.39, 0.29) is 12.0 Å². The monoisotopic (exact) mass is 200 g/mol. The Labute approximate surface area is 85.3 Å². The second kappa shape index (κ2) is 5.32. The molecule has 0 aliphatic carbocycles. The summed E-state index contributed by atoms with van der Waals surface area (Å²) in [6.45, 7) is 6.23. The fourth-order valence-corrected chi connectivity index (χ4v) is 1.81. The lowest BCUT2D eigenvalue weighted by atomic mass is 10.2. The molecule has 1 heterocycles. The quantitative estimate of drug-likeness (QED) is 0.670. The Kier molecular flexibility index (Phi) is 4.35. The van der Waals surface area contributed by atoms with Crippen LogP contribution in [0.25, 0.3) is 0 Å². The predicted octanol–water partition coefficient (Wildman–Crippen LogP) is -0.0323. The van der Waals surface area contributed by atoms with Crippen molar-refractivity contribution < 1.29 is 9.90 Å². The number of rotatable bonds is 4. The fraction of sp³-hybridized carbons (Fsp3) is 0.900. The van der Waals surface area contributed by atoms with Crippen LogP contribution in [0.15, 0.2) is 0 Å². The topological polar surface area (TPSA) is 52.6 Å². The molecular formula is C10H20N2O2. The molecule has 0 aromatic carbocycles. The zero-order valence-corrected chi connectivity index (χ0v) is 8.99. The number of hydrogen-bond acceptors (Lipinski definition) is 3. The van der Waals surface area contributed by atoms with Crippen molar-refractivity contribution in [2.45, 2.75) is 38.8 Å².